The number of alkyl halides is 1. The molecule has 1 rings (SSSR count). The number of benzene rings is 1. The summed E-state index contributed by atoms with van der Waals surface area (Å²) < 4.78 is 9.15. The second-order valence-corrected chi connectivity index (χ2v) is 3.23. The summed E-state index contributed by atoms with van der Waals surface area (Å²) >= 11 is 5.24. The summed E-state index contributed by atoms with van der Waals surface area (Å²) in [4.78, 5) is 22.5. The highest BCUT2D eigenvalue weighted by Gasteiger charge is 2.11. The number of esters is 2. The summed E-state index contributed by atoms with van der Waals surface area (Å²) in [6.07, 6.45) is 0. The zero-order valence-corrected chi connectivity index (χ0v) is 9.99. The first-order chi connectivity index (χ1) is 8.19. The molecule has 0 aliphatic rings. The quantitative estimate of drug-likeness (QED) is 0.642. The Morgan fingerprint density at radius 3 is 2.71 bits per heavy atom. The van der Waals surface area contributed by atoms with E-state index in [-0.39, 0.29) is 12.6 Å². The molecule has 0 fully saturated rings. The highest BCUT2D eigenvalue weighted by molar-refractivity contribution is 6.17. The van der Waals surface area contributed by atoms with Gasteiger partial charge >= 0.3 is 11.9 Å². The summed E-state index contributed by atoms with van der Waals surface area (Å²) in [7, 11) is 1.29. The first kappa shape index (κ1) is 13.3. The largest absolute Gasteiger partial charge is 0.465 e. The van der Waals surface area contributed by atoms with Crippen LogP contribution in [-0.4, -0.2) is 31.7 Å². The maximum atomic E-state index is 11.4. The van der Waals surface area contributed by atoms with E-state index in [9.17, 15) is 9.59 Å². The summed E-state index contributed by atoms with van der Waals surface area (Å²) in [5.41, 5.74) is 0.861. The second-order valence-electron chi connectivity index (χ2n) is 3.02. The maximum Gasteiger partial charge on any atom is 0.339 e. The molecule has 0 heterocycles. The van der Waals surface area contributed by atoms with Crippen LogP contribution in [0.2, 0.25) is 0 Å². The van der Waals surface area contributed by atoms with Gasteiger partial charge in [-0.05, 0) is 12.1 Å². The number of carbonyl (C=O) groups excluding carboxylic acids is 2. The number of halogens is 1. The van der Waals surface area contributed by atoms with Crippen LogP contribution in [0.5, 0.6) is 0 Å². The first-order valence-corrected chi connectivity index (χ1v) is 5.35. The molecule has 0 aromatic heterocycles. The van der Waals surface area contributed by atoms with Crippen molar-refractivity contribution in [2.24, 2.45) is 0 Å². The predicted octanol–water partition coefficient (Wildman–Crippen LogP) is 1.62. The Bertz CT molecular complexity index is 408. The molecular weight excluding hydrogens is 246 g/mol. The summed E-state index contributed by atoms with van der Waals surface area (Å²) in [5.74, 6) is -0.974. The van der Waals surface area contributed by atoms with Crippen molar-refractivity contribution in [2.45, 2.75) is 0 Å². The molecule has 0 amide bonds. The Balaban J connectivity index is 2.70. The van der Waals surface area contributed by atoms with Crippen LogP contribution in [-0.2, 0) is 14.3 Å². The molecule has 0 bridgehead atoms. The highest BCUT2D eigenvalue weighted by atomic mass is 35.5. The average molecular weight is 258 g/mol. The molecule has 0 saturated carbocycles. The van der Waals surface area contributed by atoms with Crippen molar-refractivity contribution >= 4 is 29.2 Å². The third-order valence-electron chi connectivity index (χ3n) is 1.97. The van der Waals surface area contributed by atoms with Crippen LogP contribution in [0.1, 0.15) is 10.4 Å². The standard InChI is InChI=1S/C11H12ClNO4/c1-16-11(15)8-4-2-3-5-9(8)13-6-10(14)17-7-12/h2-5,13H,6-7H2,1H3. The molecule has 1 aromatic rings. The van der Waals surface area contributed by atoms with E-state index in [4.69, 9.17) is 11.6 Å². The Morgan fingerprint density at radius 2 is 2.06 bits per heavy atom. The van der Waals surface area contributed by atoms with Crippen molar-refractivity contribution < 1.29 is 19.1 Å². The molecule has 17 heavy (non-hydrogen) atoms. The van der Waals surface area contributed by atoms with E-state index < -0.39 is 11.9 Å². The molecule has 1 N–H and O–H groups in total. The predicted molar refractivity (Wildman–Crippen MR) is 63.1 cm³/mol. The minimum atomic E-state index is -0.500. The number of anilines is 1. The van der Waals surface area contributed by atoms with Crippen LogP contribution in [0.25, 0.3) is 0 Å². The lowest BCUT2D eigenvalue weighted by molar-refractivity contribution is -0.139. The third kappa shape index (κ3) is 3.96. The number of para-hydroxylation sites is 1. The summed E-state index contributed by atoms with van der Waals surface area (Å²) in [6.45, 7) is -0.0687. The van der Waals surface area contributed by atoms with E-state index in [0.717, 1.165) is 0 Å². The second kappa shape index (κ2) is 6.75. The summed E-state index contributed by atoms with van der Waals surface area (Å²) in [5, 5.41) is 2.78. The van der Waals surface area contributed by atoms with E-state index in [2.05, 4.69) is 14.8 Å². The number of rotatable bonds is 5. The first-order valence-electron chi connectivity index (χ1n) is 4.82. The molecule has 0 aliphatic heterocycles. The van der Waals surface area contributed by atoms with E-state index in [1.54, 1.807) is 24.3 Å². The van der Waals surface area contributed by atoms with Crippen molar-refractivity contribution in [1.29, 1.82) is 0 Å². The Labute approximate surface area is 104 Å². The molecule has 0 aliphatic carbocycles. The molecular formula is C11H12ClNO4. The Morgan fingerprint density at radius 1 is 1.35 bits per heavy atom. The number of methoxy groups -OCH3 is 1. The number of ether oxygens (including phenoxy) is 2. The van der Waals surface area contributed by atoms with Crippen LogP contribution < -0.4 is 5.32 Å². The van der Waals surface area contributed by atoms with E-state index in [0.29, 0.717) is 11.3 Å². The van der Waals surface area contributed by atoms with Gasteiger partial charge in [0.05, 0.1) is 12.7 Å². The number of hydrogen-bond donors (Lipinski definition) is 1. The molecule has 0 atom stereocenters. The minimum absolute atomic E-state index is 0.0687. The van der Waals surface area contributed by atoms with Gasteiger partial charge in [-0.15, -0.1) is 0 Å². The van der Waals surface area contributed by atoms with Gasteiger partial charge in [0.15, 0.2) is 6.07 Å². The van der Waals surface area contributed by atoms with E-state index in [1.807, 2.05) is 0 Å². The molecule has 0 radical (unpaired) electrons. The topological polar surface area (TPSA) is 64.6 Å². The van der Waals surface area contributed by atoms with Crippen LogP contribution >= 0.6 is 11.6 Å². The molecule has 0 spiro atoms. The fourth-order valence-corrected chi connectivity index (χ4v) is 1.33. The lowest BCUT2D eigenvalue weighted by atomic mass is 10.2. The van der Waals surface area contributed by atoms with Gasteiger partial charge in [-0.1, -0.05) is 23.7 Å². The molecule has 6 heteroatoms. The molecule has 0 saturated heterocycles. The lowest BCUT2D eigenvalue weighted by Gasteiger charge is -2.09. The fourth-order valence-electron chi connectivity index (χ4n) is 1.20. The Hall–Kier alpha value is -1.75. The third-order valence-corrected chi connectivity index (χ3v) is 2.08. The fraction of sp³-hybridized carbons (Fsp3) is 0.273. The highest BCUT2D eigenvalue weighted by Crippen LogP contribution is 2.15. The molecule has 92 valence electrons. The van der Waals surface area contributed by atoms with E-state index in [1.165, 1.54) is 7.11 Å². The van der Waals surface area contributed by atoms with Crippen molar-refractivity contribution in [3.05, 3.63) is 29.8 Å². The molecule has 0 unspecified atom stereocenters. The normalized spacial score (nSPS) is 9.53. The monoisotopic (exact) mass is 257 g/mol. The van der Waals surface area contributed by atoms with Crippen molar-refractivity contribution in [3.63, 3.8) is 0 Å². The molecule has 5 nitrogen and oxygen atoms in total. The van der Waals surface area contributed by atoms with Crippen molar-refractivity contribution in [3.8, 4) is 0 Å². The van der Waals surface area contributed by atoms with Gasteiger partial charge in [-0.3, -0.25) is 4.79 Å². The van der Waals surface area contributed by atoms with Crippen LogP contribution in [0.15, 0.2) is 24.3 Å². The van der Waals surface area contributed by atoms with Crippen molar-refractivity contribution in [1.82, 2.24) is 0 Å². The van der Waals surface area contributed by atoms with Crippen LogP contribution in [0.3, 0.4) is 0 Å². The van der Waals surface area contributed by atoms with Gasteiger partial charge in [0.25, 0.3) is 0 Å². The van der Waals surface area contributed by atoms with Crippen LogP contribution in [0.4, 0.5) is 5.69 Å². The zero-order valence-electron chi connectivity index (χ0n) is 9.23. The Kier molecular flexibility index (Phi) is 5.29. The SMILES string of the molecule is COC(=O)c1ccccc1NCC(=O)OCCl. The lowest BCUT2D eigenvalue weighted by Crippen LogP contribution is -2.18. The summed E-state index contributed by atoms with van der Waals surface area (Å²) in [6, 6.07) is 6.51. The van der Waals surface area contributed by atoms with Crippen LogP contribution in [0, 0.1) is 0 Å². The van der Waals surface area contributed by atoms with Gasteiger partial charge in [0.1, 0.15) is 6.54 Å². The number of carbonyl (C=O) groups is 2. The zero-order chi connectivity index (χ0) is 12.7. The van der Waals surface area contributed by atoms with E-state index >= 15 is 0 Å². The van der Waals surface area contributed by atoms with Gasteiger partial charge in [0, 0.05) is 5.69 Å². The van der Waals surface area contributed by atoms with Gasteiger partial charge in [-0.2, -0.15) is 0 Å². The van der Waals surface area contributed by atoms with Gasteiger partial charge < -0.3 is 14.8 Å². The molecule has 1 aromatic carbocycles. The maximum absolute atomic E-state index is 11.4. The van der Waals surface area contributed by atoms with Gasteiger partial charge in [-0.25, -0.2) is 4.79 Å². The smallest absolute Gasteiger partial charge is 0.339 e. The number of hydrogen-bond acceptors (Lipinski definition) is 5. The average Bonchev–Trinajstić information content (AvgIpc) is 2.36. The minimum Gasteiger partial charge on any atom is -0.465 e. The number of nitrogens with one attached hydrogen (secondary N) is 1. The van der Waals surface area contributed by atoms with Gasteiger partial charge in [0.2, 0.25) is 0 Å². The van der Waals surface area contributed by atoms with Crippen molar-refractivity contribution in [2.75, 3.05) is 25.0 Å².